The van der Waals surface area contributed by atoms with Gasteiger partial charge in [0.2, 0.25) is 11.6 Å². The highest BCUT2D eigenvalue weighted by Crippen LogP contribution is 2.29. The molecule has 1 aromatic rings. The molecule has 2 amide bonds. The summed E-state index contributed by atoms with van der Waals surface area (Å²) >= 11 is 6.03. The van der Waals surface area contributed by atoms with Crippen LogP contribution >= 0.6 is 11.6 Å². The summed E-state index contributed by atoms with van der Waals surface area (Å²) < 4.78 is 14.1. The summed E-state index contributed by atoms with van der Waals surface area (Å²) in [7, 11) is 0. The number of halogens is 2. The summed E-state index contributed by atoms with van der Waals surface area (Å²) in [4.78, 5) is 36.3. The maximum Gasteiger partial charge on any atom is 0.343 e. The molecular weight excluding hydrogens is 339 g/mol. The van der Waals surface area contributed by atoms with E-state index in [1.807, 2.05) is 0 Å². The zero-order chi connectivity index (χ0) is 18.1. The third-order valence-electron chi connectivity index (χ3n) is 3.88. The highest BCUT2D eigenvalue weighted by Gasteiger charge is 2.47. The molecule has 24 heavy (non-hydrogen) atoms. The fraction of sp³-hybridized carbons (Fsp3) is 0.438. The summed E-state index contributed by atoms with van der Waals surface area (Å²) in [6.45, 7) is 2.92. The second-order valence-corrected chi connectivity index (χ2v) is 6.49. The summed E-state index contributed by atoms with van der Waals surface area (Å²) in [6, 6.07) is 4.42. The number of likely N-dealkylation sites (tertiary alicyclic amines) is 1. The standard InChI is InChI=1S/C16H18ClFN2O4/c1-9(2)13(21)19-10-3-4-12(17)11(7-10)14(22)20-6-5-16(18,8-20)15(23)24/h3-4,7,9H,5-6,8H2,1-2H3,(H,19,21)(H,23,24). The second-order valence-electron chi connectivity index (χ2n) is 6.09. The molecule has 1 unspecified atom stereocenters. The number of nitrogens with one attached hydrogen (secondary N) is 1. The lowest BCUT2D eigenvalue weighted by atomic mass is 10.1. The first-order chi connectivity index (χ1) is 11.1. The van der Waals surface area contributed by atoms with Crippen LogP contribution in [0, 0.1) is 5.92 Å². The van der Waals surface area contributed by atoms with Crippen molar-refractivity contribution in [1.82, 2.24) is 4.90 Å². The lowest BCUT2D eigenvalue weighted by Crippen LogP contribution is -2.39. The molecule has 2 rings (SSSR count). The monoisotopic (exact) mass is 356 g/mol. The molecule has 1 aromatic carbocycles. The number of carboxylic acid groups (broad SMARTS) is 1. The first-order valence-electron chi connectivity index (χ1n) is 7.46. The molecule has 0 bridgehead atoms. The lowest BCUT2D eigenvalue weighted by molar-refractivity contribution is -0.149. The van der Waals surface area contributed by atoms with Gasteiger partial charge in [0.25, 0.3) is 5.91 Å². The highest BCUT2D eigenvalue weighted by atomic mass is 35.5. The number of anilines is 1. The fourth-order valence-electron chi connectivity index (χ4n) is 2.34. The number of nitrogens with zero attached hydrogens (tertiary/aromatic N) is 1. The van der Waals surface area contributed by atoms with Crippen LogP contribution in [0.1, 0.15) is 30.6 Å². The van der Waals surface area contributed by atoms with Gasteiger partial charge in [-0.2, -0.15) is 0 Å². The molecule has 0 saturated carbocycles. The Hall–Kier alpha value is -2.15. The van der Waals surface area contributed by atoms with E-state index in [4.69, 9.17) is 16.7 Å². The summed E-state index contributed by atoms with van der Waals surface area (Å²) in [5, 5.41) is 11.7. The van der Waals surface area contributed by atoms with Crippen molar-refractivity contribution in [3.63, 3.8) is 0 Å². The minimum absolute atomic E-state index is 0.0134. The molecule has 130 valence electrons. The number of aliphatic carboxylic acids is 1. The number of hydrogen-bond acceptors (Lipinski definition) is 3. The maximum absolute atomic E-state index is 14.1. The van der Waals surface area contributed by atoms with Gasteiger partial charge in [-0.15, -0.1) is 0 Å². The maximum atomic E-state index is 14.1. The van der Waals surface area contributed by atoms with Crippen LogP contribution in [0.3, 0.4) is 0 Å². The van der Waals surface area contributed by atoms with Gasteiger partial charge in [0.05, 0.1) is 17.1 Å². The van der Waals surface area contributed by atoms with Crippen LogP contribution in [0.2, 0.25) is 5.02 Å². The Labute approximate surface area is 143 Å². The van der Waals surface area contributed by atoms with Crippen LogP contribution in [-0.2, 0) is 9.59 Å². The Bertz CT molecular complexity index is 695. The largest absolute Gasteiger partial charge is 0.479 e. The molecule has 1 aliphatic rings. The van der Waals surface area contributed by atoms with E-state index in [9.17, 15) is 18.8 Å². The van der Waals surface area contributed by atoms with Gasteiger partial charge in [0, 0.05) is 24.6 Å². The lowest BCUT2D eigenvalue weighted by Gasteiger charge is -2.19. The average molecular weight is 357 g/mol. The van der Waals surface area contributed by atoms with Crippen LogP contribution in [0.15, 0.2) is 18.2 Å². The smallest absolute Gasteiger partial charge is 0.343 e. The predicted molar refractivity (Wildman–Crippen MR) is 86.9 cm³/mol. The number of carbonyl (C=O) groups is 3. The van der Waals surface area contributed by atoms with Crippen molar-refractivity contribution in [1.29, 1.82) is 0 Å². The first-order valence-corrected chi connectivity index (χ1v) is 7.84. The zero-order valence-electron chi connectivity index (χ0n) is 13.3. The van der Waals surface area contributed by atoms with Gasteiger partial charge in [-0.3, -0.25) is 9.59 Å². The molecular formula is C16H18ClFN2O4. The molecule has 0 aromatic heterocycles. The normalized spacial score (nSPS) is 20.3. The number of rotatable bonds is 4. The van der Waals surface area contributed by atoms with E-state index >= 15 is 0 Å². The highest BCUT2D eigenvalue weighted by molar-refractivity contribution is 6.34. The minimum atomic E-state index is -2.44. The molecule has 1 fully saturated rings. The molecule has 0 aliphatic carbocycles. The molecule has 1 aliphatic heterocycles. The van der Waals surface area contributed by atoms with E-state index in [1.165, 1.54) is 12.1 Å². The van der Waals surface area contributed by atoms with E-state index in [0.717, 1.165) is 4.90 Å². The van der Waals surface area contributed by atoms with E-state index < -0.39 is 24.1 Å². The number of benzene rings is 1. The molecule has 1 atom stereocenters. The number of carboxylic acids is 1. The first kappa shape index (κ1) is 18.2. The molecule has 0 spiro atoms. The van der Waals surface area contributed by atoms with Crippen molar-refractivity contribution in [3.8, 4) is 0 Å². The van der Waals surface area contributed by atoms with Crippen LogP contribution < -0.4 is 5.32 Å². The van der Waals surface area contributed by atoms with Crippen molar-refractivity contribution < 1.29 is 23.9 Å². The van der Waals surface area contributed by atoms with Crippen molar-refractivity contribution >= 4 is 35.1 Å². The van der Waals surface area contributed by atoms with Crippen molar-refractivity contribution in [2.75, 3.05) is 18.4 Å². The predicted octanol–water partition coefficient (Wildman–Crippen LogP) is 2.57. The number of alkyl halides is 1. The number of hydrogen-bond donors (Lipinski definition) is 2. The molecule has 2 N–H and O–H groups in total. The van der Waals surface area contributed by atoms with E-state index in [0.29, 0.717) is 5.69 Å². The van der Waals surface area contributed by atoms with E-state index in [2.05, 4.69) is 5.32 Å². The Morgan fingerprint density at radius 3 is 2.58 bits per heavy atom. The third kappa shape index (κ3) is 3.67. The number of amides is 2. The van der Waals surface area contributed by atoms with Gasteiger partial charge in [0.1, 0.15) is 0 Å². The van der Waals surface area contributed by atoms with Gasteiger partial charge in [-0.25, -0.2) is 9.18 Å². The van der Waals surface area contributed by atoms with Crippen LogP contribution in [-0.4, -0.2) is 46.5 Å². The van der Waals surface area contributed by atoms with Gasteiger partial charge in [0.15, 0.2) is 0 Å². The summed E-state index contributed by atoms with van der Waals surface area (Å²) in [5.74, 6) is -2.60. The van der Waals surface area contributed by atoms with Crippen LogP contribution in [0.25, 0.3) is 0 Å². The fourth-order valence-corrected chi connectivity index (χ4v) is 2.54. The Kier molecular flexibility index (Phi) is 5.13. The number of carbonyl (C=O) groups excluding carboxylic acids is 2. The topological polar surface area (TPSA) is 86.7 Å². The Morgan fingerprint density at radius 2 is 2.04 bits per heavy atom. The second kappa shape index (κ2) is 6.76. The SMILES string of the molecule is CC(C)C(=O)Nc1ccc(Cl)c(C(=O)N2CCC(F)(C(=O)O)C2)c1. The molecule has 6 nitrogen and oxygen atoms in total. The van der Waals surface area contributed by atoms with Crippen molar-refractivity contribution in [3.05, 3.63) is 28.8 Å². The van der Waals surface area contributed by atoms with E-state index in [-0.39, 0.29) is 35.4 Å². The molecule has 0 radical (unpaired) electrons. The molecule has 1 saturated heterocycles. The van der Waals surface area contributed by atoms with Crippen molar-refractivity contribution in [2.24, 2.45) is 5.92 Å². The average Bonchev–Trinajstić information content (AvgIpc) is 2.92. The Balaban J connectivity index is 2.21. The summed E-state index contributed by atoms with van der Waals surface area (Å²) in [6.07, 6.45) is -0.268. The quantitative estimate of drug-likeness (QED) is 0.868. The zero-order valence-corrected chi connectivity index (χ0v) is 14.1. The third-order valence-corrected chi connectivity index (χ3v) is 4.21. The van der Waals surface area contributed by atoms with E-state index in [1.54, 1.807) is 19.9 Å². The van der Waals surface area contributed by atoms with Gasteiger partial charge in [-0.05, 0) is 18.2 Å². The summed E-state index contributed by atoms with van der Waals surface area (Å²) in [5.41, 5.74) is -1.95. The van der Waals surface area contributed by atoms with Crippen molar-refractivity contribution in [2.45, 2.75) is 25.9 Å². The van der Waals surface area contributed by atoms with Gasteiger partial charge in [-0.1, -0.05) is 25.4 Å². The van der Waals surface area contributed by atoms with Crippen LogP contribution in [0.4, 0.5) is 10.1 Å². The Morgan fingerprint density at radius 1 is 1.38 bits per heavy atom. The van der Waals surface area contributed by atoms with Crippen LogP contribution in [0.5, 0.6) is 0 Å². The van der Waals surface area contributed by atoms with Gasteiger partial charge < -0.3 is 15.3 Å². The minimum Gasteiger partial charge on any atom is -0.479 e. The molecule has 1 heterocycles. The molecule has 8 heteroatoms. The van der Waals surface area contributed by atoms with Gasteiger partial charge >= 0.3 is 5.97 Å².